The zero-order valence-corrected chi connectivity index (χ0v) is 13.9. The third kappa shape index (κ3) is 4.57. The minimum Gasteiger partial charge on any atom is -0.349 e. The van der Waals surface area contributed by atoms with Gasteiger partial charge in [0, 0.05) is 6.54 Å². The number of benzene rings is 1. The molecule has 3 nitrogen and oxygen atoms in total. The van der Waals surface area contributed by atoms with E-state index in [0.29, 0.717) is 12.5 Å². The number of carbonyl (C=O) groups excluding carboxylic acids is 1. The highest BCUT2D eigenvalue weighted by Gasteiger charge is 2.34. The van der Waals surface area contributed by atoms with Crippen LogP contribution in [0, 0.1) is 11.3 Å². The van der Waals surface area contributed by atoms with E-state index in [9.17, 15) is 4.79 Å². The average molecular weight is 290 g/mol. The van der Waals surface area contributed by atoms with Crippen LogP contribution in [0.4, 0.5) is 0 Å². The van der Waals surface area contributed by atoms with E-state index in [1.54, 1.807) is 0 Å². The molecule has 21 heavy (non-hydrogen) atoms. The van der Waals surface area contributed by atoms with Crippen molar-refractivity contribution >= 4 is 5.91 Å². The Morgan fingerprint density at radius 2 is 1.76 bits per heavy atom. The van der Waals surface area contributed by atoms with Crippen molar-refractivity contribution in [3.05, 3.63) is 35.9 Å². The summed E-state index contributed by atoms with van der Waals surface area (Å²) in [5.74, 6) is 0.607. The molecule has 0 aliphatic rings. The first-order valence-corrected chi connectivity index (χ1v) is 8.05. The first-order chi connectivity index (χ1) is 9.99. The molecule has 0 saturated carbocycles. The zero-order chi connectivity index (χ0) is 15.9. The molecule has 1 aromatic rings. The third-order valence-electron chi connectivity index (χ3n) is 4.44. The lowest BCUT2D eigenvalue weighted by atomic mass is 9.81. The van der Waals surface area contributed by atoms with Crippen molar-refractivity contribution in [2.24, 2.45) is 17.1 Å². The molecule has 118 valence electrons. The van der Waals surface area contributed by atoms with E-state index >= 15 is 0 Å². The van der Waals surface area contributed by atoms with Gasteiger partial charge in [0.25, 0.3) is 0 Å². The number of nitrogens with one attached hydrogen (secondary N) is 1. The molecular formula is C18H30N2O. The SMILES string of the molecule is CCC(CC)(CN)C(=O)NC(CC(C)C)c1ccccc1. The van der Waals surface area contributed by atoms with Gasteiger partial charge in [-0.1, -0.05) is 58.0 Å². The van der Waals surface area contributed by atoms with Gasteiger partial charge in [-0.15, -0.1) is 0 Å². The van der Waals surface area contributed by atoms with Gasteiger partial charge < -0.3 is 11.1 Å². The maximum absolute atomic E-state index is 12.7. The second-order valence-corrected chi connectivity index (χ2v) is 6.26. The van der Waals surface area contributed by atoms with Crippen LogP contribution in [0.5, 0.6) is 0 Å². The number of nitrogens with two attached hydrogens (primary N) is 1. The van der Waals surface area contributed by atoms with E-state index in [1.165, 1.54) is 0 Å². The largest absolute Gasteiger partial charge is 0.349 e. The molecule has 0 aliphatic carbocycles. The maximum atomic E-state index is 12.7. The van der Waals surface area contributed by atoms with E-state index in [2.05, 4.69) is 31.3 Å². The predicted octanol–water partition coefficient (Wildman–Crippen LogP) is 3.66. The van der Waals surface area contributed by atoms with Crippen LogP contribution in [0.1, 0.15) is 58.6 Å². The van der Waals surface area contributed by atoms with Gasteiger partial charge in [-0.25, -0.2) is 0 Å². The molecule has 0 saturated heterocycles. The minimum absolute atomic E-state index is 0.0581. The number of hydrogen-bond acceptors (Lipinski definition) is 2. The van der Waals surface area contributed by atoms with Crippen molar-refractivity contribution in [2.75, 3.05) is 6.54 Å². The molecule has 1 amide bonds. The predicted molar refractivity (Wildman–Crippen MR) is 88.9 cm³/mol. The molecule has 1 unspecified atom stereocenters. The fraction of sp³-hybridized carbons (Fsp3) is 0.611. The monoisotopic (exact) mass is 290 g/mol. The molecule has 1 atom stereocenters. The number of carbonyl (C=O) groups is 1. The molecule has 0 spiro atoms. The van der Waals surface area contributed by atoms with Crippen LogP contribution in [-0.2, 0) is 4.79 Å². The molecule has 3 heteroatoms. The molecule has 0 radical (unpaired) electrons. The lowest BCUT2D eigenvalue weighted by Crippen LogP contribution is -2.46. The van der Waals surface area contributed by atoms with Gasteiger partial charge in [-0.3, -0.25) is 4.79 Å². The Labute approximate surface area is 129 Å². The van der Waals surface area contributed by atoms with Crippen molar-refractivity contribution < 1.29 is 4.79 Å². The fourth-order valence-corrected chi connectivity index (χ4v) is 2.70. The molecule has 0 fully saturated rings. The van der Waals surface area contributed by atoms with Gasteiger partial charge in [0.1, 0.15) is 0 Å². The smallest absolute Gasteiger partial charge is 0.227 e. The Morgan fingerprint density at radius 3 is 2.19 bits per heavy atom. The lowest BCUT2D eigenvalue weighted by molar-refractivity contribution is -0.132. The summed E-state index contributed by atoms with van der Waals surface area (Å²) in [5, 5.41) is 3.24. The standard InChI is InChI=1S/C18H30N2O/c1-5-18(6-2,13-19)17(21)20-16(12-14(3)4)15-10-8-7-9-11-15/h7-11,14,16H,5-6,12-13,19H2,1-4H3,(H,20,21). The van der Waals surface area contributed by atoms with E-state index in [1.807, 2.05) is 32.0 Å². The Hall–Kier alpha value is -1.35. The average Bonchev–Trinajstić information content (AvgIpc) is 2.49. The first-order valence-electron chi connectivity index (χ1n) is 8.05. The Bertz CT molecular complexity index is 416. The van der Waals surface area contributed by atoms with Crippen LogP contribution in [-0.4, -0.2) is 12.5 Å². The summed E-state index contributed by atoms with van der Waals surface area (Å²) in [4.78, 5) is 12.7. The number of hydrogen-bond donors (Lipinski definition) is 2. The molecule has 0 heterocycles. The molecule has 1 rings (SSSR count). The van der Waals surface area contributed by atoms with Crippen LogP contribution < -0.4 is 11.1 Å². The van der Waals surface area contributed by atoms with E-state index in [4.69, 9.17) is 5.73 Å². The number of rotatable bonds is 8. The van der Waals surface area contributed by atoms with Crippen molar-refractivity contribution in [1.29, 1.82) is 0 Å². The van der Waals surface area contributed by atoms with Crippen LogP contribution in [0.3, 0.4) is 0 Å². The second-order valence-electron chi connectivity index (χ2n) is 6.26. The second kappa shape index (κ2) is 8.18. The molecule has 0 bridgehead atoms. The van der Waals surface area contributed by atoms with E-state index < -0.39 is 5.41 Å². The van der Waals surface area contributed by atoms with Crippen molar-refractivity contribution in [2.45, 2.75) is 53.0 Å². The van der Waals surface area contributed by atoms with Gasteiger partial charge in [0.05, 0.1) is 11.5 Å². The van der Waals surface area contributed by atoms with Crippen LogP contribution in [0.2, 0.25) is 0 Å². The summed E-state index contributed by atoms with van der Waals surface area (Å²) >= 11 is 0. The van der Waals surface area contributed by atoms with Crippen LogP contribution in [0.15, 0.2) is 30.3 Å². The third-order valence-corrected chi connectivity index (χ3v) is 4.44. The van der Waals surface area contributed by atoms with Gasteiger partial charge >= 0.3 is 0 Å². The topological polar surface area (TPSA) is 55.1 Å². The summed E-state index contributed by atoms with van der Waals surface area (Å²) in [6.07, 6.45) is 2.48. The summed E-state index contributed by atoms with van der Waals surface area (Å²) < 4.78 is 0. The highest BCUT2D eigenvalue weighted by molar-refractivity contribution is 5.83. The van der Waals surface area contributed by atoms with Gasteiger partial charge in [-0.2, -0.15) is 0 Å². The quantitative estimate of drug-likeness (QED) is 0.767. The van der Waals surface area contributed by atoms with Gasteiger partial charge in [-0.05, 0) is 30.7 Å². The summed E-state index contributed by atoms with van der Waals surface area (Å²) in [6.45, 7) is 8.83. The van der Waals surface area contributed by atoms with E-state index in [0.717, 1.165) is 24.8 Å². The normalized spacial score (nSPS) is 13.2. The zero-order valence-electron chi connectivity index (χ0n) is 13.9. The van der Waals surface area contributed by atoms with Crippen LogP contribution in [0.25, 0.3) is 0 Å². The highest BCUT2D eigenvalue weighted by atomic mass is 16.2. The Morgan fingerprint density at radius 1 is 1.19 bits per heavy atom. The molecular weight excluding hydrogens is 260 g/mol. The fourth-order valence-electron chi connectivity index (χ4n) is 2.70. The van der Waals surface area contributed by atoms with Gasteiger partial charge in [0.2, 0.25) is 5.91 Å². The summed E-state index contributed by atoms with van der Waals surface area (Å²) in [6, 6.07) is 10.3. The summed E-state index contributed by atoms with van der Waals surface area (Å²) in [7, 11) is 0. The number of amides is 1. The first kappa shape index (κ1) is 17.7. The Kier molecular flexibility index (Phi) is 6.90. The van der Waals surface area contributed by atoms with Gasteiger partial charge in [0.15, 0.2) is 0 Å². The van der Waals surface area contributed by atoms with E-state index in [-0.39, 0.29) is 11.9 Å². The maximum Gasteiger partial charge on any atom is 0.227 e. The van der Waals surface area contributed by atoms with Crippen LogP contribution >= 0.6 is 0 Å². The van der Waals surface area contributed by atoms with Crippen molar-refractivity contribution in [1.82, 2.24) is 5.32 Å². The molecule has 1 aromatic carbocycles. The molecule has 3 N–H and O–H groups in total. The Balaban J connectivity index is 2.94. The van der Waals surface area contributed by atoms with Crippen molar-refractivity contribution in [3.63, 3.8) is 0 Å². The summed E-state index contributed by atoms with van der Waals surface area (Å²) in [5.41, 5.74) is 6.61. The molecule has 0 aliphatic heterocycles. The highest BCUT2D eigenvalue weighted by Crippen LogP contribution is 2.28. The van der Waals surface area contributed by atoms with Crippen molar-refractivity contribution in [3.8, 4) is 0 Å². The minimum atomic E-state index is -0.440. The lowest BCUT2D eigenvalue weighted by Gasteiger charge is -2.32. The molecule has 0 aromatic heterocycles.